The summed E-state index contributed by atoms with van der Waals surface area (Å²) < 4.78 is 35.6. The minimum absolute atomic E-state index is 0.189. The van der Waals surface area contributed by atoms with E-state index < -0.39 is 16.9 Å². The van der Waals surface area contributed by atoms with E-state index in [9.17, 15) is 8.94 Å². The van der Waals surface area contributed by atoms with Gasteiger partial charge in [0.1, 0.15) is 16.7 Å². The number of hydrogen-bond acceptors (Lipinski definition) is 5. The molecular formula is C24H32FN3O2S. The Bertz CT molecular complexity index is 923. The van der Waals surface area contributed by atoms with Gasteiger partial charge in [-0.15, -0.1) is 4.72 Å². The van der Waals surface area contributed by atoms with Crippen LogP contribution in [0, 0.1) is 17.7 Å². The number of nitrogens with one attached hydrogen (secondary N) is 2. The molecule has 2 N–H and O–H groups in total. The fourth-order valence-electron chi connectivity index (χ4n) is 4.02. The molecule has 2 aromatic rings. The van der Waals surface area contributed by atoms with E-state index in [0.717, 1.165) is 36.3 Å². The molecule has 1 aliphatic carbocycles. The molecule has 1 aromatic carbocycles. The largest absolute Gasteiger partial charge is 0.598 e. The minimum atomic E-state index is -1.24. The van der Waals surface area contributed by atoms with E-state index in [2.05, 4.69) is 23.9 Å². The van der Waals surface area contributed by atoms with Gasteiger partial charge in [-0.25, -0.2) is 9.37 Å². The van der Waals surface area contributed by atoms with Crippen molar-refractivity contribution in [2.75, 3.05) is 13.1 Å². The maximum absolute atomic E-state index is 13.5. The van der Waals surface area contributed by atoms with Gasteiger partial charge in [-0.2, -0.15) is 0 Å². The van der Waals surface area contributed by atoms with Gasteiger partial charge in [-0.3, -0.25) is 0 Å². The quantitative estimate of drug-likeness (QED) is 0.627. The van der Waals surface area contributed by atoms with Gasteiger partial charge in [0, 0.05) is 47.9 Å². The standard InChI is InChI=1S/C24H32FN3O2S/c1-6-24(5,28-31(29)23(2,3)4)16-11-20(15-7-9-17(25)10-8-15)27-21(12-16)30-22-18-13-26-14-19(18)22/h7-12,18-19,22,26,28H,6,13-14H2,1-5H3/t18-,19+,22?,24?,31?. The van der Waals surface area contributed by atoms with E-state index in [4.69, 9.17) is 9.72 Å². The van der Waals surface area contributed by atoms with Crippen molar-refractivity contribution in [3.05, 3.63) is 47.8 Å². The number of ether oxygens (including phenoxy) is 1. The van der Waals surface area contributed by atoms with Crippen molar-refractivity contribution in [1.82, 2.24) is 15.0 Å². The highest BCUT2D eigenvalue weighted by Crippen LogP contribution is 2.45. The van der Waals surface area contributed by atoms with Crippen LogP contribution >= 0.6 is 0 Å². The molecular weight excluding hydrogens is 413 g/mol. The van der Waals surface area contributed by atoms with Gasteiger partial charge in [-0.05, 0) is 70.0 Å². The predicted octanol–water partition coefficient (Wildman–Crippen LogP) is 4.16. The molecule has 3 unspecified atom stereocenters. The summed E-state index contributed by atoms with van der Waals surface area (Å²) >= 11 is -1.24. The number of fused-ring (bicyclic) bond motifs is 1. The first-order valence-corrected chi connectivity index (χ1v) is 12.1. The lowest BCUT2D eigenvalue weighted by atomic mass is 9.90. The Morgan fingerprint density at radius 2 is 1.81 bits per heavy atom. The molecule has 2 fully saturated rings. The highest BCUT2D eigenvalue weighted by molar-refractivity contribution is 7.90. The topological polar surface area (TPSA) is 69.2 Å². The second-order valence-corrected chi connectivity index (χ2v) is 11.8. The molecule has 31 heavy (non-hydrogen) atoms. The molecule has 1 aliphatic heterocycles. The summed E-state index contributed by atoms with van der Waals surface area (Å²) in [5.41, 5.74) is 1.97. The van der Waals surface area contributed by atoms with Crippen LogP contribution in [0.4, 0.5) is 4.39 Å². The molecule has 7 heteroatoms. The van der Waals surface area contributed by atoms with E-state index in [-0.39, 0.29) is 16.7 Å². The van der Waals surface area contributed by atoms with Crippen LogP contribution in [0.3, 0.4) is 0 Å². The summed E-state index contributed by atoms with van der Waals surface area (Å²) in [5.74, 6) is 1.38. The first-order valence-electron chi connectivity index (χ1n) is 11.0. The van der Waals surface area contributed by atoms with Crippen LogP contribution in [0.1, 0.15) is 46.6 Å². The van der Waals surface area contributed by atoms with Crippen LogP contribution < -0.4 is 14.8 Å². The van der Waals surface area contributed by atoms with Gasteiger partial charge in [0.05, 0.1) is 11.2 Å². The number of rotatable bonds is 7. The lowest BCUT2D eigenvalue weighted by Crippen LogP contribution is -2.49. The highest BCUT2D eigenvalue weighted by Gasteiger charge is 2.55. The van der Waals surface area contributed by atoms with Crippen molar-refractivity contribution < 1.29 is 13.7 Å². The van der Waals surface area contributed by atoms with Crippen molar-refractivity contribution in [1.29, 1.82) is 0 Å². The monoisotopic (exact) mass is 445 g/mol. The second-order valence-electron chi connectivity index (χ2n) is 9.82. The molecule has 0 amide bonds. The number of halogens is 1. The Balaban J connectivity index is 1.70. The summed E-state index contributed by atoms with van der Waals surface area (Å²) in [6, 6.07) is 10.3. The van der Waals surface area contributed by atoms with Crippen LogP contribution in [-0.2, 0) is 16.9 Å². The van der Waals surface area contributed by atoms with Crippen molar-refractivity contribution >= 4 is 11.4 Å². The van der Waals surface area contributed by atoms with Crippen LogP contribution in [0.25, 0.3) is 11.3 Å². The average Bonchev–Trinajstić information content (AvgIpc) is 3.13. The lowest BCUT2D eigenvalue weighted by Gasteiger charge is -2.35. The molecule has 2 aliphatic rings. The fraction of sp³-hybridized carbons (Fsp3) is 0.542. The number of nitrogens with zero attached hydrogens (tertiary/aromatic N) is 1. The van der Waals surface area contributed by atoms with Crippen molar-refractivity contribution in [2.45, 2.75) is 57.4 Å². The van der Waals surface area contributed by atoms with Gasteiger partial charge in [0.2, 0.25) is 5.88 Å². The Hall–Kier alpha value is -1.67. The van der Waals surface area contributed by atoms with Gasteiger partial charge in [0.15, 0.2) is 0 Å². The molecule has 5 atom stereocenters. The van der Waals surface area contributed by atoms with Crippen LogP contribution in [0.5, 0.6) is 5.88 Å². The third-order valence-electron chi connectivity index (χ3n) is 6.43. The molecule has 5 nitrogen and oxygen atoms in total. The molecule has 1 saturated carbocycles. The van der Waals surface area contributed by atoms with Crippen molar-refractivity contribution in [3.8, 4) is 17.1 Å². The average molecular weight is 446 g/mol. The lowest BCUT2D eigenvalue weighted by molar-refractivity contribution is 0.251. The first-order chi connectivity index (χ1) is 14.6. The molecule has 0 spiro atoms. The van der Waals surface area contributed by atoms with E-state index in [0.29, 0.717) is 17.7 Å². The third kappa shape index (κ3) is 4.75. The van der Waals surface area contributed by atoms with Gasteiger partial charge < -0.3 is 14.6 Å². The van der Waals surface area contributed by atoms with E-state index in [1.54, 1.807) is 12.1 Å². The van der Waals surface area contributed by atoms with Gasteiger partial charge in [0.25, 0.3) is 0 Å². The zero-order valence-electron chi connectivity index (χ0n) is 18.9. The van der Waals surface area contributed by atoms with Gasteiger partial charge >= 0.3 is 0 Å². The number of aromatic nitrogens is 1. The summed E-state index contributed by atoms with van der Waals surface area (Å²) in [4.78, 5) is 4.75. The van der Waals surface area contributed by atoms with E-state index >= 15 is 0 Å². The molecule has 2 heterocycles. The summed E-state index contributed by atoms with van der Waals surface area (Å²) in [6.07, 6.45) is 0.925. The van der Waals surface area contributed by atoms with E-state index in [1.165, 1.54) is 12.1 Å². The SMILES string of the molecule is CCC(C)(N[S+]([O-])C(C)(C)C)c1cc(OC2[C@H]3CNC[C@@H]23)nc(-c2ccc(F)cc2)c1. The molecule has 0 radical (unpaired) electrons. The number of pyridine rings is 1. The first kappa shape index (κ1) is 22.5. The Morgan fingerprint density at radius 1 is 1.16 bits per heavy atom. The number of benzene rings is 1. The molecule has 168 valence electrons. The summed E-state index contributed by atoms with van der Waals surface area (Å²) in [5, 5.41) is 3.38. The van der Waals surface area contributed by atoms with E-state index in [1.807, 2.05) is 32.9 Å². The Kier molecular flexibility index (Phi) is 6.07. The smallest absolute Gasteiger partial charge is 0.214 e. The van der Waals surface area contributed by atoms with Crippen LogP contribution in [0.15, 0.2) is 36.4 Å². The summed E-state index contributed by atoms with van der Waals surface area (Å²) in [6.45, 7) is 12.0. The van der Waals surface area contributed by atoms with Gasteiger partial charge in [-0.1, -0.05) is 6.92 Å². The molecule has 4 rings (SSSR count). The zero-order chi connectivity index (χ0) is 22.4. The maximum Gasteiger partial charge on any atom is 0.214 e. The normalized spacial score (nSPS) is 25.6. The fourth-order valence-corrected chi connectivity index (χ4v) is 5.00. The summed E-state index contributed by atoms with van der Waals surface area (Å²) in [7, 11) is 0. The molecule has 0 bridgehead atoms. The number of hydrogen-bond donors (Lipinski definition) is 2. The Morgan fingerprint density at radius 3 is 2.39 bits per heavy atom. The van der Waals surface area contributed by atoms with Crippen LogP contribution in [-0.4, -0.2) is 33.5 Å². The predicted molar refractivity (Wildman–Crippen MR) is 123 cm³/mol. The van der Waals surface area contributed by atoms with Crippen molar-refractivity contribution in [3.63, 3.8) is 0 Å². The third-order valence-corrected chi connectivity index (χ3v) is 8.18. The molecule has 1 aromatic heterocycles. The Labute approximate surface area is 187 Å². The minimum Gasteiger partial charge on any atom is -0.598 e. The zero-order valence-corrected chi connectivity index (χ0v) is 19.7. The second kappa shape index (κ2) is 8.35. The maximum atomic E-state index is 13.5. The number of piperidine rings is 1. The highest BCUT2D eigenvalue weighted by atomic mass is 32.2. The molecule has 1 saturated heterocycles. The van der Waals surface area contributed by atoms with Crippen molar-refractivity contribution in [2.24, 2.45) is 11.8 Å². The van der Waals surface area contributed by atoms with Crippen LogP contribution in [0.2, 0.25) is 0 Å².